The van der Waals surface area contributed by atoms with Crippen LogP contribution in [0.25, 0.3) is 0 Å². The van der Waals surface area contributed by atoms with Crippen molar-refractivity contribution in [3.63, 3.8) is 0 Å². The molecule has 3 aromatic rings. The zero-order valence-electron chi connectivity index (χ0n) is 15.4. The van der Waals surface area contributed by atoms with Gasteiger partial charge in [-0.05, 0) is 36.4 Å². The first-order valence-electron chi connectivity index (χ1n) is 8.35. The molecule has 2 N–H and O–H groups in total. The summed E-state index contributed by atoms with van der Waals surface area (Å²) in [4.78, 5) is 20.6. The number of rotatable bonds is 7. The van der Waals surface area contributed by atoms with Gasteiger partial charge >= 0.3 is 0 Å². The zero-order valence-corrected chi connectivity index (χ0v) is 15.4. The summed E-state index contributed by atoms with van der Waals surface area (Å²) in [6.45, 7) is 0.224. The number of hydrogen-bond donors (Lipinski definition) is 2. The Labute approximate surface area is 161 Å². The van der Waals surface area contributed by atoms with E-state index < -0.39 is 5.91 Å². The Hall–Kier alpha value is -3.81. The maximum absolute atomic E-state index is 12.3. The van der Waals surface area contributed by atoms with Gasteiger partial charge in [-0.25, -0.2) is 4.98 Å². The molecule has 0 aliphatic heterocycles. The summed E-state index contributed by atoms with van der Waals surface area (Å²) in [6, 6.07) is 11.3. The predicted molar refractivity (Wildman–Crippen MR) is 102 cm³/mol. The highest BCUT2D eigenvalue weighted by atomic mass is 16.5. The van der Waals surface area contributed by atoms with Gasteiger partial charge in [0.25, 0.3) is 5.91 Å². The van der Waals surface area contributed by atoms with Crippen LogP contribution in [0, 0.1) is 0 Å². The number of anilines is 1. The van der Waals surface area contributed by atoms with Gasteiger partial charge < -0.3 is 24.6 Å². The quantitative estimate of drug-likeness (QED) is 0.606. The van der Waals surface area contributed by atoms with Crippen LogP contribution in [0.2, 0.25) is 0 Å². The Balaban J connectivity index is 1.67. The van der Waals surface area contributed by atoms with E-state index in [4.69, 9.17) is 14.2 Å². The molecule has 28 heavy (non-hydrogen) atoms. The van der Waals surface area contributed by atoms with Gasteiger partial charge in [0.2, 0.25) is 0 Å². The van der Waals surface area contributed by atoms with Crippen molar-refractivity contribution in [1.29, 1.82) is 0 Å². The normalized spacial score (nSPS) is 10.2. The first-order valence-corrected chi connectivity index (χ1v) is 8.35. The number of nitrogens with zero attached hydrogens (tertiary/aromatic N) is 2. The van der Waals surface area contributed by atoms with E-state index in [-0.39, 0.29) is 23.7 Å². The van der Waals surface area contributed by atoms with E-state index in [2.05, 4.69) is 15.3 Å². The topological polar surface area (TPSA) is 103 Å². The highest BCUT2D eigenvalue weighted by Gasteiger charge is 2.12. The van der Waals surface area contributed by atoms with Crippen molar-refractivity contribution in [1.82, 2.24) is 9.97 Å². The molecule has 0 saturated carbocycles. The highest BCUT2D eigenvalue weighted by Crippen LogP contribution is 2.29. The number of hydrogen-bond acceptors (Lipinski definition) is 7. The van der Waals surface area contributed by atoms with Crippen molar-refractivity contribution in [3.05, 3.63) is 66.2 Å². The van der Waals surface area contributed by atoms with Crippen LogP contribution < -0.4 is 19.5 Å². The lowest BCUT2D eigenvalue weighted by atomic mass is 10.2. The minimum atomic E-state index is -0.466. The summed E-state index contributed by atoms with van der Waals surface area (Å²) in [6.07, 6.45) is 3.04. The molecule has 0 atom stereocenters. The second-order valence-electron chi connectivity index (χ2n) is 5.69. The van der Waals surface area contributed by atoms with Crippen molar-refractivity contribution in [2.24, 2.45) is 0 Å². The molecule has 0 aliphatic rings. The number of phenolic OH excluding ortho intramolecular Hbond substituents is 1. The molecule has 8 nitrogen and oxygen atoms in total. The number of nitrogens with one attached hydrogen (secondary N) is 1. The predicted octanol–water partition coefficient (Wildman–Crippen LogP) is 3.03. The average molecular weight is 381 g/mol. The summed E-state index contributed by atoms with van der Waals surface area (Å²) in [5, 5.41) is 12.6. The molecule has 3 rings (SSSR count). The molecule has 0 bridgehead atoms. The van der Waals surface area contributed by atoms with Gasteiger partial charge in [-0.2, -0.15) is 0 Å². The molecule has 1 aromatic carbocycles. The van der Waals surface area contributed by atoms with Gasteiger partial charge in [0.05, 0.1) is 38.0 Å². The molecule has 0 unspecified atom stereocenters. The van der Waals surface area contributed by atoms with Gasteiger partial charge in [0.1, 0.15) is 35.3 Å². The number of ether oxygens (including phenoxy) is 3. The number of aromatic nitrogens is 2. The molecule has 8 heteroatoms. The Bertz CT molecular complexity index is 943. The van der Waals surface area contributed by atoms with E-state index in [1.54, 1.807) is 37.6 Å². The number of aromatic hydroxyl groups is 1. The molecule has 0 radical (unpaired) electrons. The van der Waals surface area contributed by atoms with Crippen molar-refractivity contribution in [2.45, 2.75) is 6.61 Å². The minimum Gasteiger partial charge on any atom is -0.506 e. The van der Waals surface area contributed by atoms with Crippen LogP contribution in [0.3, 0.4) is 0 Å². The van der Waals surface area contributed by atoms with Crippen molar-refractivity contribution in [2.75, 3.05) is 19.5 Å². The molecule has 0 spiro atoms. The van der Waals surface area contributed by atoms with Gasteiger partial charge in [-0.15, -0.1) is 0 Å². The second kappa shape index (κ2) is 8.72. The lowest BCUT2D eigenvalue weighted by molar-refractivity contribution is 0.102. The molecule has 2 heterocycles. The zero-order chi connectivity index (χ0) is 19.9. The van der Waals surface area contributed by atoms with E-state index in [1.165, 1.54) is 31.5 Å². The third-order valence-corrected chi connectivity index (χ3v) is 3.84. The first-order chi connectivity index (χ1) is 13.6. The van der Waals surface area contributed by atoms with Crippen molar-refractivity contribution in [3.8, 4) is 23.0 Å². The van der Waals surface area contributed by atoms with Gasteiger partial charge in [0, 0.05) is 6.07 Å². The Kier molecular flexibility index (Phi) is 5.91. The molecule has 0 saturated heterocycles. The minimum absolute atomic E-state index is 0.0863. The van der Waals surface area contributed by atoms with Crippen LogP contribution in [0.15, 0.2) is 54.9 Å². The van der Waals surface area contributed by atoms with Crippen LogP contribution >= 0.6 is 0 Å². The average Bonchev–Trinajstić information content (AvgIpc) is 2.74. The third kappa shape index (κ3) is 4.67. The summed E-state index contributed by atoms with van der Waals surface area (Å²) in [7, 11) is 3.09. The number of phenols is 1. The summed E-state index contributed by atoms with van der Waals surface area (Å²) < 4.78 is 15.8. The fraction of sp³-hybridized carbons (Fsp3) is 0.150. The lowest BCUT2D eigenvalue weighted by Crippen LogP contribution is -2.13. The number of pyridine rings is 2. The lowest BCUT2D eigenvalue weighted by Gasteiger charge is -2.11. The van der Waals surface area contributed by atoms with Crippen molar-refractivity contribution < 1.29 is 24.1 Å². The van der Waals surface area contributed by atoms with E-state index in [9.17, 15) is 9.90 Å². The monoisotopic (exact) mass is 381 g/mol. The number of carbonyl (C=O) groups is 1. The smallest absolute Gasteiger partial charge is 0.274 e. The SMILES string of the molecule is COc1ccc(COc2ccc(O)c(NC(=O)c3ccc(OC)cn3)c2)nc1. The Morgan fingerprint density at radius 3 is 2.25 bits per heavy atom. The van der Waals surface area contributed by atoms with E-state index in [1.807, 2.05) is 0 Å². The number of methoxy groups -OCH3 is 2. The number of amides is 1. The Morgan fingerprint density at radius 2 is 1.64 bits per heavy atom. The fourth-order valence-corrected chi connectivity index (χ4v) is 2.30. The fourth-order valence-electron chi connectivity index (χ4n) is 2.30. The second-order valence-corrected chi connectivity index (χ2v) is 5.69. The van der Waals surface area contributed by atoms with Gasteiger partial charge in [0.15, 0.2) is 0 Å². The van der Waals surface area contributed by atoms with Crippen molar-refractivity contribution >= 4 is 11.6 Å². The van der Waals surface area contributed by atoms with Gasteiger partial charge in [-0.1, -0.05) is 0 Å². The largest absolute Gasteiger partial charge is 0.506 e. The van der Waals surface area contributed by atoms with Crippen LogP contribution in [-0.4, -0.2) is 35.2 Å². The molecular weight excluding hydrogens is 362 g/mol. The van der Waals surface area contributed by atoms with Crippen LogP contribution in [0.5, 0.6) is 23.0 Å². The first kappa shape index (κ1) is 19.0. The number of carbonyl (C=O) groups excluding carboxylic acids is 1. The molecule has 2 aromatic heterocycles. The van der Waals surface area contributed by atoms with Crippen LogP contribution in [-0.2, 0) is 6.61 Å². The Morgan fingerprint density at radius 1 is 0.964 bits per heavy atom. The van der Waals surface area contributed by atoms with Crippen LogP contribution in [0.1, 0.15) is 16.2 Å². The molecule has 1 amide bonds. The maximum atomic E-state index is 12.3. The summed E-state index contributed by atoms with van der Waals surface area (Å²) >= 11 is 0. The van der Waals surface area contributed by atoms with E-state index in [0.717, 1.165) is 0 Å². The van der Waals surface area contributed by atoms with Crippen LogP contribution in [0.4, 0.5) is 5.69 Å². The summed E-state index contributed by atoms with van der Waals surface area (Å²) in [5.74, 6) is 1.12. The molecule has 0 aliphatic carbocycles. The molecular formula is C20H19N3O5. The number of benzene rings is 1. The summed E-state index contributed by atoms with van der Waals surface area (Å²) in [5.41, 5.74) is 1.11. The maximum Gasteiger partial charge on any atom is 0.274 e. The third-order valence-electron chi connectivity index (χ3n) is 3.84. The van der Waals surface area contributed by atoms with E-state index >= 15 is 0 Å². The van der Waals surface area contributed by atoms with Gasteiger partial charge in [-0.3, -0.25) is 9.78 Å². The van der Waals surface area contributed by atoms with E-state index in [0.29, 0.717) is 22.9 Å². The molecule has 0 fully saturated rings. The highest BCUT2D eigenvalue weighted by molar-refractivity contribution is 6.03. The molecule has 144 valence electrons. The standard InChI is InChI=1S/C20H19N3O5/c1-26-15-4-3-13(21-10-15)12-28-14-6-8-19(24)18(9-14)23-20(25)17-7-5-16(27-2)11-22-17/h3-11,24H,12H2,1-2H3,(H,23,25).